The minimum Gasteiger partial charge on any atom is -0.508 e. The normalized spacial score (nSPS) is 18.2. The number of nitrogens with two attached hydrogens (primary N) is 6. The van der Waals surface area contributed by atoms with Crippen LogP contribution in [-0.2, 0) is 83.1 Å². The molecule has 0 radical (unpaired) electrons. The van der Waals surface area contributed by atoms with Crippen molar-refractivity contribution in [2.75, 3.05) is 32.7 Å². The Morgan fingerprint density at radius 1 is 0.518 bits per heavy atom. The molecule has 0 aromatic heterocycles. The SMILES string of the molecule is CC[C@H](C)[C@H](NC(=O)[C@H](Cc1ccc(O)cc1)NC(=O)[C@@H]1CCCN1C(=O)[C@H](CCCN=C(N)N)NC(=O)[C@H](CCCN=C(N)N)NC(=O)[C@@H]1CCCN1C(=O)[C@H](CCCCN)NC(=O)[C@H](CC(N)=O)NC(=O)[C@H](CCC(=O)O)NC(=O)[C@H](C)NC(=O)[C@H](CC(C)C)NC(=O)[C@@H]1CCC(=O)N1)C(=O)N[C@@H](CC(C)C)C(=O)O. The average molecular weight is 1580 g/mol. The number of rotatable bonds is 48. The van der Waals surface area contributed by atoms with E-state index in [9.17, 15) is 87.2 Å². The van der Waals surface area contributed by atoms with Gasteiger partial charge >= 0.3 is 11.9 Å². The lowest BCUT2D eigenvalue weighted by Crippen LogP contribution is -2.61. The highest BCUT2D eigenvalue weighted by Crippen LogP contribution is 2.24. The summed E-state index contributed by atoms with van der Waals surface area (Å²) in [5.74, 6) is -16.1. The molecule has 0 unspecified atom stereocenters. The van der Waals surface area contributed by atoms with Crippen molar-refractivity contribution in [2.45, 2.75) is 255 Å². The van der Waals surface area contributed by atoms with Crippen molar-refractivity contribution in [1.82, 2.24) is 68.3 Å². The molecule has 40 nitrogen and oxygen atoms in total. The summed E-state index contributed by atoms with van der Waals surface area (Å²) >= 11 is 0. The first-order valence-electron chi connectivity index (χ1n) is 38.1. The number of unbranched alkanes of at least 4 members (excludes halogenated alkanes) is 1. The molecule has 40 heteroatoms. The molecular formula is C72H117N21O19. The van der Waals surface area contributed by atoms with Crippen molar-refractivity contribution >= 4 is 107 Å². The minimum atomic E-state index is -1.88. The highest BCUT2D eigenvalue weighted by molar-refractivity contribution is 6.01. The van der Waals surface area contributed by atoms with Crippen LogP contribution in [0.3, 0.4) is 0 Å². The molecule has 14 amide bonds. The van der Waals surface area contributed by atoms with E-state index in [0.717, 1.165) is 0 Å². The minimum absolute atomic E-state index is 0.0176. The summed E-state index contributed by atoms with van der Waals surface area (Å²) in [7, 11) is 0. The molecule has 3 aliphatic heterocycles. The lowest BCUT2D eigenvalue weighted by Gasteiger charge is -2.32. The number of amides is 14. The van der Waals surface area contributed by atoms with Crippen molar-refractivity contribution in [3.05, 3.63) is 29.8 Å². The first kappa shape index (κ1) is 93.4. The van der Waals surface area contributed by atoms with Crippen molar-refractivity contribution in [2.24, 2.45) is 62.1 Å². The molecular weight excluding hydrogens is 1460 g/mol. The zero-order valence-electron chi connectivity index (χ0n) is 64.9. The quantitative estimate of drug-likeness (QED) is 0.0166. The Hall–Kier alpha value is -11.0. The van der Waals surface area contributed by atoms with E-state index in [1.165, 1.54) is 41.0 Å². The van der Waals surface area contributed by atoms with Gasteiger partial charge in [0.05, 0.1) is 6.42 Å². The molecule has 26 N–H and O–H groups in total. The lowest BCUT2D eigenvalue weighted by atomic mass is 9.96. The topological polar surface area (TPSA) is 653 Å². The fraction of sp³-hybridized carbons (Fsp3) is 0.667. The lowest BCUT2D eigenvalue weighted by molar-refractivity contribution is -0.144. The highest BCUT2D eigenvalue weighted by atomic mass is 16.4. The number of primary amides is 1. The molecule has 0 aliphatic carbocycles. The Balaban J connectivity index is 1.62. The van der Waals surface area contributed by atoms with Gasteiger partial charge in [0.25, 0.3) is 0 Å². The number of likely N-dealkylation sites (tertiary alicyclic amines) is 2. The number of carbonyl (C=O) groups is 16. The van der Waals surface area contributed by atoms with Crippen molar-refractivity contribution in [3.8, 4) is 5.75 Å². The molecule has 1 aromatic rings. The summed E-state index contributed by atoms with van der Waals surface area (Å²) in [6.07, 6.45) is -0.721. The molecule has 3 aliphatic rings. The van der Waals surface area contributed by atoms with Crippen molar-refractivity contribution in [3.63, 3.8) is 0 Å². The average Bonchev–Trinajstić information content (AvgIpc) is 1.61. The number of aliphatic carboxylic acids is 2. The number of hydrogen-bond donors (Lipinski definition) is 20. The Morgan fingerprint density at radius 2 is 0.973 bits per heavy atom. The van der Waals surface area contributed by atoms with E-state index in [2.05, 4.69) is 68.5 Å². The molecule has 624 valence electrons. The van der Waals surface area contributed by atoms with Gasteiger partial charge in [0.15, 0.2) is 11.9 Å². The van der Waals surface area contributed by atoms with Gasteiger partial charge in [-0.3, -0.25) is 81.9 Å². The van der Waals surface area contributed by atoms with Crippen LogP contribution in [0.4, 0.5) is 0 Å². The molecule has 3 heterocycles. The second-order valence-electron chi connectivity index (χ2n) is 29.4. The number of phenols is 1. The molecule has 14 atom stereocenters. The predicted octanol–water partition coefficient (Wildman–Crippen LogP) is -4.74. The van der Waals surface area contributed by atoms with Crippen LogP contribution >= 0.6 is 0 Å². The van der Waals surface area contributed by atoms with Crippen LogP contribution in [-0.4, -0.2) is 243 Å². The second-order valence-corrected chi connectivity index (χ2v) is 29.4. The summed E-state index contributed by atoms with van der Waals surface area (Å²) in [5.41, 5.74) is 34.4. The maximum absolute atomic E-state index is 15.1. The van der Waals surface area contributed by atoms with Gasteiger partial charge in [-0.15, -0.1) is 0 Å². The van der Waals surface area contributed by atoms with E-state index in [-0.39, 0.29) is 164 Å². The van der Waals surface area contributed by atoms with Crippen LogP contribution < -0.4 is 92.9 Å². The number of guanidine groups is 2. The Morgan fingerprint density at radius 3 is 1.46 bits per heavy atom. The number of aliphatic imine (C=N–C) groups is 2. The van der Waals surface area contributed by atoms with Gasteiger partial charge in [-0.25, -0.2) is 4.79 Å². The number of carboxylic acid groups (broad SMARTS) is 2. The van der Waals surface area contributed by atoms with Gasteiger partial charge < -0.3 is 118 Å². The number of hydrogen-bond acceptors (Lipinski definition) is 20. The Bertz CT molecular complexity index is 3520. The van der Waals surface area contributed by atoms with Gasteiger partial charge in [0, 0.05) is 45.4 Å². The molecule has 3 saturated heterocycles. The van der Waals surface area contributed by atoms with Crippen LogP contribution in [0.25, 0.3) is 0 Å². The first-order valence-corrected chi connectivity index (χ1v) is 38.1. The number of carbonyl (C=O) groups excluding carboxylic acids is 14. The smallest absolute Gasteiger partial charge is 0.326 e. The van der Waals surface area contributed by atoms with Crippen molar-refractivity contribution in [1.29, 1.82) is 0 Å². The summed E-state index contributed by atoms with van der Waals surface area (Å²) in [6.45, 7) is 11.8. The highest BCUT2D eigenvalue weighted by Gasteiger charge is 2.44. The number of aromatic hydroxyl groups is 1. The van der Waals surface area contributed by atoms with Crippen LogP contribution in [0.1, 0.15) is 176 Å². The van der Waals surface area contributed by atoms with Crippen LogP contribution in [0, 0.1) is 17.8 Å². The maximum atomic E-state index is 15.1. The maximum Gasteiger partial charge on any atom is 0.326 e. The van der Waals surface area contributed by atoms with Crippen LogP contribution in [0.2, 0.25) is 0 Å². The molecule has 3 fully saturated rings. The van der Waals surface area contributed by atoms with E-state index >= 15 is 4.79 Å². The molecule has 1 aromatic carbocycles. The first-order chi connectivity index (χ1) is 52.8. The Labute approximate surface area is 650 Å². The monoisotopic (exact) mass is 1580 g/mol. The summed E-state index contributed by atoms with van der Waals surface area (Å²) < 4.78 is 0. The summed E-state index contributed by atoms with van der Waals surface area (Å²) in [6, 6.07) is -12.3. The number of phenolic OH excluding ortho intramolecular Hbond substituents is 1. The third-order valence-electron chi connectivity index (χ3n) is 19.2. The molecule has 0 bridgehead atoms. The van der Waals surface area contributed by atoms with E-state index in [0.29, 0.717) is 18.4 Å². The molecule has 112 heavy (non-hydrogen) atoms. The number of nitrogens with zero attached hydrogens (tertiary/aromatic N) is 4. The molecule has 0 spiro atoms. The van der Waals surface area contributed by atoms with Gasteiger partial charge in [-0.1, -0.05) is 60.1 Å². The van der Waals surface area contributed by atoms with Crippen molar-refractivity contribution < 1.29 is 92.0 Å². The zero-order valence-corrected chi connectivity index (χ0v) is 64.9. The van der Waals surface area contributed by atoms with Gasteiger partial charge in [0.2, 0.25) is 82.7 Å². The third-order valence-corrected chi connectivity index (χ3v) is 19.2. The molecule has 0 saturated carbocycles. The van der Waals surface area contributed by atoms with E-state index in [4.69, 9.17) is 34.4 Å². The van der Waals surface area contributed by atoms with Gasteiger partial charge in [-0.05, 0) is 145 Å². The van der Waals surface area contributed by atoms with E-state index < -0.39 is 192 Å². The number of nitrogens with one attached hydrogen (secondary N) is 11. The zero-order chi connectivity index (χ0) is 83.6. The predicted molar refractivity (Wildman–Crippen MR) is 407 cm³/mol. The van der Waals surface area contributed by atoms with E-state index in [1.807, 2.05) is 0 Å². The number of benzene rings is 1. The fourth-order valence-corrected chi connectivity index (χ4v) is 13.0. The van der Waals surface area contributed by atoms with Crippen LogP contribution in [0.15, 0.2) is 34.3 Å². The fourth-order valence-electron chi connectivity index (χ4n) is 13.0. The van der Waals surface area contributed by atoms with Gasteiger partial charge in [0.1, 0.15) is 84.3 Å². The van der Waals surface area contributed by atoms with Gasteiger partial charge in [-0.2, -0.15) is 0 Å². The van der Waals surface area contributed by atoms with E-state index in [1.54, 1.807) is 41.5 Å². The Kier molecular flexibility index (Phi) is 38.9. The standard InChI is InChI=1S/C72H117N21O19/c1-8-39(6)57(67(108)90-51(70(111)112)34-38(4)5)91-64(105)49(35-41-20-22-42(94)23-21-41)89-66(107)53-19-14-32-93(53)69(110)47(17-12-30-80-72(77)78)85-59(100)43(16-11-29-79-71(75)76)84-65(106)52-18-13-31-92(52)68(109)46(15-9-10-28-73)86-63(104)50(36-54(74)95)88-61(102)45(25-27-56(97)98)83-58(99)40(7)81-62(103)48(33-37(2)3)87-60(101)44-24-26-55(96)82-44/h20-23,37-40,43-53,57,94H,8-19,24-36,73H2,1-7H3,(H2,74,95)(H,81,103)(H,82,96)(H,83,99)(H,84,106)(H,85,100)(H,86,104)(H,87,101)(H,88,102)(H,89,107)(H,90,108)(H,91,105)(H,97,98)(H,111,112)(H4,75,76,79)(H4,77,78,80)/t39-,40-,43-,44-,45-,46-,47-,48-,49-,50-,51-,52-,53-,57-/m0/s1. The van der Waals surface area contributed by atoms with Crippen LogP contribution in [0.5, 0.6) is 5.75 Å². The second kappa shape index (κ2) is 46.6. The number of carboxylic acids is 2. The third kappa shape index (κ3) is 31.4. The summed E-state index contributed by atoms with van der Waals surface area (Å²) in [5, 5.41) is 58.0. The largest absolute Gasteiger partial charge is 0.508 e. The summed E-state index contributed by atoms with van der Waals surface area (Å²) in [4.78, 5) is 231. The molecule has 4 rings (SSSR count).